The quantitative estimate of drug-likeness (QED) is 0.428. The molecule has 0 saturated heterocycles. The van der Waals surface area contributed by atoms with E-state index in [9.17, 15) is 9.36 Å². The third-order valence-corrected chi connectivity index (χ3v) is 1.77. The number of hydrogen-bond donors (Lipinski definition) is 3. The summed E-state index contributed by atoms with van der Waals surface area (Å²) in [7, 11) is -4.59. The molecule has 0 saturated carbocycles. The highest BCUT2D eigenvalue weighted by Gasteiger charge is 2.21. The van der Waals surface area contributed by atoms with Gasteiger partial charge in [0.1, 0.15) is 6.04 Å². The van der Waals surface area contributed by atoms with Crippen LogP contribution in [0, 0.1) is 5.92 Å². The number of rotatable bonds is 6. The number of nitrogens with two attached hydrogens (primary N) is 1. The molecule has 15 heavy (non-hydrogen) atoms. The van der Waals surface area contributed by atoms with Crippen molar-refractivity contribution in [3.63, 3.8) is 0 Å². The lowest BCUT2D eigenvalue weighted by Crippen LogP contribution is -2.37. The Bertz CT molecular complexity index is 250. The Labute approximate surface area is 87.8 Å². The highest BCUT2D eigenvalue weighted by molar-refractivity contribution is 7.46. The Hall–Kier alpha value is -0.460. The van der Waals surface area contributed by atoms with Crippen LogP contribution in [-0.2, 0) is 18.6 Å². The molecular formula is C7H16NO6P. The van der Waals surface area contributed by atoms with Gasteiger partial charge >= 0.3 is 13.8 Å². The minimum absolute atomic E-state index is 0.170. The molecule has 0 unspecified atom stereocenters. The topological polar surface area (TPSA) is 119 Å². The molecule has 1 atom stereocenters. The van der Waals surface area contributed by atoms with E-state index in [4.69, 9.17) is 20.3 Å². The second kappa shape index (κ2) is 6.19. The fourth-order valence-electron chi connectivity index (χ4n) is 0.601. The smallest absolute Gasteiger partial charge is 0.464 e. The summed E-state index contributed by atoms with van der Waals surface area (Å²) in [6.07, 6.45) is 0. The number of carbonyl (C=O) groups is 1. The second-order valence-corrected chi connectivity index (χ2v) is 4.66. The normalized spacial score (nSPS) is 14.0. The van der Waals surface area contributed by atoms with Crippen molar-refractivity contribution in [3.8, 4) is 0 Å². The highest BCUT2D eigenvalue weighted by Crippen LogP contribution is 2.35. The summed E-state index contributed by atoms with van der Waals surface area (Å²) in [5.41, 5.74) is 5.27. The number of hydrogen-bond acceptors (Lipinski definition) is 5. The van der Waals surface area contributed by atoms with Crippen LogP contribution in [0.25, 0.3) is 0 Å². The Morgan fingerprint density at radius 3 is 2.33 bits per heavy atom. The van der Waals surface area contributed by atoms with Crippen LogP contribution in [-0.4, -0.2) is 35.0 Å². The zero-order chi connectivity index (χ0) is 12.1. The Morgan fingerprint density at radius 1 is 1.40 bits per heavy atom. The van der Waals surface area contributed by atoms with E-state index >= 15 is 0 Å². The lowest BCUT2D eigenvalue weighted by molar-refractivity contribution is -0.147. The zero-order valence-corrected chi connectivity index (χ0v) is 9.52. The summed E-state index contributed by atoms with van der Waals surface area (Å²) in [6.45, 7) is 3.35. The van der Waals surface area contributed by atoms with Gasteiger partial charge in [-0.25, -0.2) is 4.57 Å². The molecule has 0 aromatic heterocycles. The van der Waals surface area contributed by atoms with Gasteiger partial charge in [-0.2, -0.15) is 0 Å². The molecule has 7 nitrogen and oxygen atoms in total. The van der Waals surface area contributed by atoms with E-state index in [1.807, 2.05) is 13.8 Å². The molecule has 0 aliphatic heterocycles. The summed E-state index contributed by atoms with van der Waals surface area (Å²) >= 11 is 0. The molecule has 0 rings (SSSR count). The lowest BCUT2D eigenvalue weighted by Gasteiger charge is -2.13. The van der Waals surface area contributed by atoms with Gasteiger partial charge in [0.25, 0.3) is 0 Å². The molecule has 0 bridgehead atoms. The van der Waals surface area contributed by atoms with Crippen molar-refractivity contribution in [2.75, 3.05) is 13.2 Å². The second-order valence-electron chi connectivity index (χ2n) is 3.42. The van der Waals surface area contributed by atoms with Crippen LogP contribution in [0.1, 0.15) is 13.8 Å². The van der Waals surface area contributed by atoms with Crippen molar-refractivity contribution < 1.29 is 28.4 Å². The minimum atomic E-state index is -4.59. The van der Waals surface area contributed by atoms with E-state index in [0.717, 1.165) is 0 Å². The van der Waals surface area contributed by atoms with E-state index in [-0.39, 0.29) is 12.5 Å². The van der Waals surface area contributed by atoms with Crippen LogP contribution in [0.2, 0.25) is 0 Å². The van der Waals surface area contributed by atoms with Crippen LogP contribution < -0.4 is 5.73 Å². The van der Waals surface area contributed by atoms with Crippen LogP contribution in [0.4, 0.5) is 0 Å². The summed E-state index contributed by atoms with van der Waals surface area (Å²) < 4.78 is 19.1. The van der Waals surface area contributed by atoms with Gasteiger partial charge in [-0.15, -0.1) is 0 Å². The Kier molecular flexibility index (Phi) is 6.00. The largest absolute Gasteiger partial charge is 0.469 e. The van der Waals surface area contributed by atoms with Crippen molar-refractivity contribution in [3.05, 3.63) is 0 Å². The monoisotopic (exact) mass is 241 g/mol. The predicted molar refractivity (Wildman–Crippen MR) is 51.8 cm³/mol. The number of carbonyl (C=O) groups excluding carboxylic acids is 1. The van der Waals surface area contributed by atoms with Gasteiger partial charge in [0, 0.05) is 0 Å². The minimum Gasteiger partial charge on any atom is -0.464 e. The fraction of sp³-hybridized carbons (Fsp3) is 0.857. The number of phosphoric ester groups is 1. The van der Waals surface area contributed by atoms with E-state index < -0.39 is 26.4 Å². The van der Waals surface area contributed by atoms with Crippen LogP contribution in [0.3, 0.4) is 0 Å². The van der Waals surface area contributed by atoms with Crippen molar-refractivity contribution in [2.24, 2.45) is 11.7 Å². The maximum atomic E-state index is 11.1. The maximum Gasteiger partial charge on any atom is 0.469 e. The summed E-state index contributed by atoms with van der Waals surface area (Å²) in [5, 5.41) is 0. The van der Waals surface area contributed by atoms with Gasteiger partial charge < -0.3 is 20.3 Å². The lowest BCUT2D eigenvalue weighted by atomic mass is 10.2. The average molecular weight is 241 g/mol. The van der Waals surface area contributed by atoms with Gasteiger partial charge in [0.15, 0.2) is 0 Å². The third-order valence-electron chi connectivity index (χ3n) is 1.28. The molecule has 90 valence electrons. The highest BCUT2D eigenvalue weighted by atomic mass is 31.2. The number of esters is 1. The van der Waals surface area contributed by atoms with Gasteiger partial charge in [0.05, 0.1) is 13.2 Å². The Balaban J connectivity index is 3.84. The van der Waals surface area contributed by atoms with E-state index in [1.165, 1.54) is 0 Å². The van der Waals surface area contributed by atoms with Crippen LogP contribution >= 0.6 is 7.82 Å². The van der Waals surface area contributed by atoms with Gasteiger partial charge in [-0.3, -0.25) is 9.32 Å². The molecule has 0 spiro atoms. The van der Waals surface area contributed by atoms with Crippen molar-refractivity contribution >= 4 is 13.8 Å². The molecule has 4 N–H and O–H groups in total. The van der Waals surface area contributed by atoms with E-state index in [2.05, 4.69) is 4.52 Å². The van der Waals surface area contributed by atoms with E-state index in [0.29, 0.717) is 0 Å². The SMILES string of the molecule is CC(C)COC(=O)[C@@H](N)COP(=O)(O)O. The first-order valence-corrected chi connectivity index (χ1v) is 5.87. The van der Waals surface area contributed by atoms with Gasteiger partial charge in [-0.05, 0) is 5.92 Å². The molecular weight excluding hydrogens is 225 g/mol. The molecule has 0 aromatic rings. The molecule has 8 heteroatoms. The van der Waals surface area contributed by atoms with Gasteiger partial charge in [-0.1, -0.05) is 13.8 Å². The Morgan fingerprint density at radius 2 is 1.93 bits per heavy atom. The first kappa shape index (κ1) is 14.5. The molecule has 0 aliphatic carbocycles. The summed E-state index contributed by atoms with van der Waals surface area (Å²) in [6, 6.07) is -1.18. The third kappa shape index (κ3) is 8.53. The number of ether oxygens (including phenoxy) is 1. The predicted octanol–water partition coefficient (Wildman–Crippen LogP) is -0.378. The summed E-state index contributed by atoms with van der Waals surface area (Å²) in [5.74, 6) is -0.569. The van der Waals surface area contributed by atoms with Gasteiger partial charge in [0.2, 0.25) is 0 Å². The zero-order valence-electron chi connectivity index (χ0n) is 8.62. The average Bonchev–Trinajstić information content (AvgIpc) is 2.08. The van der Waals surface area contributed by atoms with Crippen LogP contribution in [0.5, 0.6) is 0 Å². The van der Waals surface area contributed by atoms with E-state index in [1.54, 1.807) is 0 Å². The molecule has 0 fully saturated rings. The first-order valence-electron chi connectivity index (χ1n) is 4.34. The summed E-state index contributed by atoms with van der Waals surface area (Å²) in [4.78, 5) is 27.8. The molecule has 0 aromatic carbocycles. The maximum absolute atomic E-state index is 11.1. The first-order chi connectivity index (χ1) is 6.72. The molecule has 0 radical (unpaired) electrons. The fourth-order valence-corrected chi connectivity index (χ4v) is 0.956. The standard InChI is InChI=1S/C7H16NO6P/c1-5(2)3-13-7(9)6(8)4-14-15(10,11)12/h5-6H,3-4,8H2,1-2H3,(H2,10,11,12)/t6-/m0/s1. The van der Waals surface area contributed by atoms with Crippen molar-refractivity contribution in [1.29, 1.82) is 0 Å². The van der Waals surface area contributed by atoms with Crippen molar-refractivity contribution in [1.82, 2.24) is 0 Å². The molecule has 0 heterocycles. The molecule has 0 aliphatic rings. The molecule has 0 amide bonds. The van der Waals surface area contributed by atoms with Crippen LogP contribution in [0.15, 0.2) is 0 Å². The number of phosphoric acid groups is 1. The van der Waals surface area contributed by atoms with Crippen molar-refractivity contribution in [2.45, 2.75) is 19.9 Å².